The molecule has 0 saturated carbocycles. The van der Waals surface area contributed by atoms with Gasteiger partial charge < -0.3 is 10.1 Å². The number of nitrogens with one attached hydrogen (secondary N) is 1. The van der Waals surface area contributed by atoms with Crippen molar-refractivity contribution in [2.45, 2.75) is 26.8 Å². The van der Waals surface area contributed by atoms with E-state index in [0.29, 0.717) is 31.9 Å². The summed E-state index contributed by atoms with van der Waals surface area (Å²) < 4.78 is 33.1. The second-order valence-electron chi connectivity index (χ2n) is 6.83. The van der Waals surface area contributed by atoms with Crippen LogP contribution in [0.2, 0.25) is 0 Å². The van der Waals surface area contributed by atoms with Crippen molar-refractivity contribution < 1.29 is 22.9 Å². The molecule has 1 aliphatic rings. The molecule has 1 atom stereocenters. The zero-order chi connectivity index (χ0) is 22.5. The predicted molar refractivity (Wildman–Crippen MR) is 113 cm³/mol. The van der Waals surface area contributed by atoms with Crippen molar-refractivity contribution in [2.24, 2.45) is 0 Å². The number of piperazine rings is 1. The van der Waals surface area contributed by atoms with E-state index >= 15 is 0 Å². The van der Waals surface area contributed by atoms with Crippen LogP contribution in [0.1, 0.15) is 20.8 Å². The predicted octanol–water partition coefficient (Wildman–Crippen LogP) is 1.13. The van der Waals surface area contributed by atoms with Gasteiger partial charge in [0.15, 0.2) is 0 Å². The molecule has 1 aromatic rings. The van der Waals surface area contributed by atoms with Crippen LogP contribution in [-0.2, 0) is 15.0 Å². The Morgan fingerprint density at radius 1 is 1.27 bits per heavy atom. The van der Waals surface area contributed by atoms with E-state index in [0.717, 1.165) is 0 Å². The minimum absolute atomic E-state index is 0.0837. The summed E-state index contributed by atoms with van der Waals surface area (Å²) in [6.07, 6.45) is 0. The maximum atomic E-state index is 12.7. The summed E-state index contributed by atoms with van der Waals surface area (Å²) in [5.74, 6) is -0.0819. The minimum Gasteiger partial charge on any atom is -0.496 e. The number of nitro benzene ring substituents is 1. The van der Waals surface area contributed by atoms with Crippen LogP contribution < -0.4 is 10.1 Å². The van der Waals surface area contributed by atoms with Crippen molar-refractivity contribution >= 4 is 27.5 Å². The lowest BCUT2D eigenvalue weighted by atomic mass is 10.2. The molecule has 2 rings (SSSR count). The second kappa shape index (κ2) is 10.2. The SMILES string of the molecule is CCN(CC)S(=O)(=O)N1CCN(C(C)C(=O)Nc2ccc(OC)cc2[N+](=O)[O-])CC1. The number of hydrogen-bond donors (Lipinski definition) is 1. The number of amides is 1. The number of rotatable bonds is 9. The van der Waals surface area contributed by atoms with Crippen LogP contribution in [0.15, 0.2) is 18.2 Å². The highest BCUT2D eigenvalue weighted by atomic mass is 32.2. The average Bonchev–Trinajstić information content (AvgIpc) is 2.74. The molecule has 1 fully saturated rings. The lowest BCUT2D eigenvalue weighted by molar-refractivity contribution is -0.384. The van der Waals surface area contributed by atoms with E-state index < -0.39 is 27.1 Å². The normalized spacial score (nSPS) is 17.0. The van der Waals surface area contributed by atoms with Crippen molar-refractivity contribution in [3.8, 4) is 5.75 Å². The zero-order valence-electron chi connectivity index (χ0n) is 17.7. The van der Waals surface area contributed by atoms with Crippen LogP contribution in [0.5, 0.6) is 5.75 Å². The first kappa shape index (κ1) is 24.0. The molecular weight excluding hydrogens is 414 g/mol. The highest BCUT2D eigenvalue weighted by Gasteiger charge is 2.33. The monoisotopic (exact) mass is 443 g/mol. The molecular formula is C18H29N5O6S. The molecule has 1 N–H and O–H groups in total. The Balaban J connectivity index is 2.03. The van der Waals surface area contributed by atoms with Crippen molar-refractivity contribution in [2.75, 3.05) is 51.7 Å². The fraction of sp³-hybridized carbons (Fsp3) is 0.611. The second-order valence-corrected chi connectivity index (χ2v) is 8.76. The first-order valence-corrected chi connectivity index (χ1v) is 11.2. The maximum absolute atomic E-state index is 12.7. The van der Waals surface area contributed by atoms with E-state index in [1.54, 1.807) is 20.8 Å². The minimum atomic E-state index is -3.51. The van der Waals surface area contributed by atoms with Crippen molar-refractivity contribution in [3.05, 3.63) is 28.3 Å². The van der Waals surface area contributed by atoms with Crippen molar-refractivity contribution in [3.63, 3.8) is 0 Å². The van der Waals surface area contributed by atoms with Gasteiger partial charge in [0.1, 0.15) is 11.4 Å². The number of methoxy groups -OCH3 is 1. The molecule has 1 amide bonds. The van der Waals surface area contributed by atoms with Gasteiger partial charge >= 0.3 is 0 Å². The van der Waals surface area contributed by atoms with E-state index in [1.807, 2.05) is 4.90 Å². The summed E-state index contributed by atoms with van der Waals surface area (Å²) in [5.41, 5.74) is -0.176. The topological polar surface area (TPSA) is 125 Å². The standard InChI is InChI=1S/C18H29N5O6S/c1-5-21(6-2)30(27,28)22-11-9-20(10-12-22)14(3)18(24)19-16-8-7-15(29-4)13-17(16)23(25)26/h7-8,13-14H,5-6,9-12H2,1-4H3,(H,19,24). The Morgan fingerprint density at radius 3 is 2.37 bits per heavy atom. The first-order valence-electron chi connectivity index (χ1n) is 9.78. The van der Waals surface area contributed by atoms with Gasteiger partial charge in [-0.25, -0.2) is 0 Å². The summed E-state index contributed by atoms with van der Waals surface area (Å²) in [6, 6.07) is 3.63. The molecule has 1 saturated heterocycles. The summed E-state index contributed by atoms with van der Waals surface area (Å²) in [5, 5.41) is 13.9. The molecule has 1 aromatic carbocycles. The number of nitro groups is 1. The fourth-order valence-electron chi connectivity index (χ4n) is 3.33. The number of carbonyl (C=O) groups is 1. The van der Waals surface area contributed by atoms with E-state index in [2.05, 4.69) is 5.32 Å². The van der Waals surface area contributed by atoms with E-state index in [4.69, 9.17) is 4.74 Å². The third-order valence-corrected chi connectivity index (χ3v) is 7.40. The molecule has 168 valence electrons. The van der Waals surface area contributed by atoms with E-state index in [1.165, 1.54) is 33.9 Å². The third kappa shape index (κ3) is 5.25. The molecule has 11 nitrogen and oxygen atoms in total. The van der Waals surface area contributed by atoms with Crippen LogP contribution in [0.4, 0.5) is 11.4 Å². The largest absolute Gasteiger partial charge is 0.496 e. The van der Waals surface area contributed by atoms with Crippen LogP contribution in [0.3, 0.4) is 0 Å². The van der Waals surface area contributed by atoms with Gasteiger partial charge in [-0.1, -0.05) is 13.8 Å². The Bertz CT molecular complexity index is 866. The summed E-state index contributed by atoms with van der Waals surface area (Å²) in [7, 11) is -2.11. The number of anilines is 1. The van der Waals surface area contributed by atoms with Gasteiger partial charge in [-0.15, -0.1) is 0 Å². The quantitative estimate of drug-likeness (QED) is 0.448. The molecule has 1 heterocycles. The van der Waals surface area contributed by atoms with Crippen LogP contribution in [-0.4, -0.2) is 85.2 Å². The van der Waals surface area contributed by atoms with Gasteiger partial charge in [-0.3, -0.25) is 19.8 Å². The lowest BCUT2D eigenvalue weighted by Crippen LogP contribution is -2.56. The highest BCUT2D eigenvalue weighted by molar-refractivity contribution is 7.86. The summed E-state index contributed by atoms with van der Waals surface area (Å²) in [4.78, 5) is 25.2. The van der Waals surface area contributed by atoms with Gasteiger partial charge in [0.2, 0.25) is 5.91 Å². The number of carbonyl (C=O) groups excluding carboxylic acids is 1. The van der Waals surface area contributed by atoms with Gasteiger partial charge in [0.05, 0.1) is 24.1 Å². The molecule has 0 aromatic heterocycles. The number of ether oxygens (including phenoxy) is 1. The maximum Gasteiger partial charge on any atom is 0.296 e. The van der Waals surface area contributed by atoms with Gasteiger partial charge in [-0.05, 0) is 19.1 Å². The zero-order valence-corrected chi connectivity index (χ0v) is 18.5. The Labute approximate surface area is 176 Å². The summed E-state index contributed by atoms with van der Waals surface area (Å²) in [6.45, 7) is 7.41. The molecule has 30 heavy (non-hydrogen) atoms. The van der Waals surface area contributed by atoms with Crippen LogP contribution in [0, 0.1) is 10.1 Å². The smallest absolute Gasteiger partial charge is 0.296 e. The molecule has 0 aliphatic carbocycles. The van der Waals surface area contributed by atoms with Gasteiger partial charge in [-0.2, -0.15) is 17.0 Å². The number of hydrogen-bond acceptors (Lipinski definition) is 7. The molecule has 12 heteroatoms. The van der Waals surface area contributed by atoms with Crippen LogP contribution >= 0.6 is 0 Å². The Morgan fingerprint density at radius 2 is 1.87 bits per heavy atom. The molecule has 0 spiro atoms. The van der Waals surface area contributed by atoms with Crippen LogP contribution in [0.25, 0.3) is 0 Å². The molecule has 0 bridgehead atoms. The number of nitrogens with zero attached hydrogens (tertiary/aromatic N) is 4. The van der Waals surface area contributed by atoms with E-state index in [9.17, 15) is 23.3 Å². The summed E-state index contributed by atoms with van der Waals surface area (Å²) >= 11 is 0. The first-order chi connectivity index (χ1) is 14.1. The van der Waals surface area contributed by atoms with Gasteiger partial charge in [0.25, 0.3) is 15.9 Å². The highest BCUT2D eigenvalue weighted by Crippen LogP contribution is 2.29. The average molecular weight is 444 g/mol. The third-order valence-electron chi connectivity index (χ3n) is 5.22. The molecule has 1 unspecified atom stereocenters. The van der Waals surface area contributed by atoms with E-state index in [-0.39, 0.29) is 24.5 Å². The Kier molecular flexibility index (Phi) is 8.12. The molecule has 0 radical (unpaired) electrons. The fourth-order valence-corrected chi connectivity index (χ4v) is 4.94. The van der Waals surface area contributed by atoms with Crippen molar-refractivity contribution in [1.82, 2.24) is 13.5 Å². The Hall–Kier alpha value is -2.28. The van der Waals surface area contributed by atoms with Crippen molar-refractivity contribution in [1.29, 1.82) is 0 Å². The van der Waals surface area contributed by atoms with Gasteiger partial charge in [0, 0.05) is 39.3 Å². The lowest BCUT2D eigenvalue weighted by Gasteiger charge is -2.38. The molecule has 1 aliphatic heterocycles. The number of benzene rings is 1.